The number of carbonyl (C=O) groups excluding carboxylic acids is 4. The van der Waals surface area contributed by atoms with Crippen LogP contribution in [-0.4, -0.2) is 50.1 Å². The molecule has 0 aromatic heterocycles. The number of hydrogen-bond donors (Lipinski definition) is 1. The van der Waals surface area contributed by atoms with Gasteiger partial charge in [-0.1, -0.05) is 35.9 Å². The van der Waals surface area contributed by atoms with Gasteiger partial charge in [0.15, 0.2) is 6.61 Å². The van der Waals surface area contributed by atoms with Crippen molar-refractivity contribution in [3.8, 4) is 0 Å². The molecule has 2 aromatic carbocycles. The lowest BCUT2D eigenvalue weighted by molar-refractivity contribution is -0.147. The van der Waals surface area contributed by atoms with Gasteiger partial charge in [0.25, 0.3) is 11.8 Å². The van der Waals surface area contributed by atoms with Crippen molar-refractivity contribution in [2.45, 2.75) is 13.8 Å². The summed E-state index contributed by atoms with van der Waals surface area (Å²) in [5.74, 6) is -2.36. The van der Waals surface area contributed by atoms with E-state index < -0.39 is 30.4 Å². The maximum atomic E-state index is 12.5. The van der Waals surface area contributed by atoms with Gasteiger partial charge >= 0.3 is 11.9 Å². The number of anilines is 1. The molecule has 0 bridgehead atoms. The van der Waals surface area contributed by atoms with E-state index in [1.54, 1.807) is 55.5 Å². The fourth-order valence-corrected chi connectivity index (χ4v) is 2.58. The molecule has 2 aromatic rings. The van der Waals surface area contributed by atoms with Crippen LogP contribution in [0.25, 0.3) is 0 Å². The number of benzene rings is 2. The van der Waals surface area contributed by atoms with Crippen molar-refractivity contribution < 1.29 is 28.7 Å². The third kappa shape index (κ3) is 7.05. The fraction of sp³-hybridized carbons (Fsp3) is 0.273. The quantitative estimate of drug-likeness (QED) is 0.631. The summed E-state index contributed by atoms with van der Waals surface area (Å²) in [5.41, 5.74) is 1.81. The summed E-state index contributed by atoms with van der Waals surface area (Å²) in [6.45, 7) is 2.44. The first-order chi connectivity index (χ1) is 14.4. The van der Waals surface area contributed by atoms with Crippen LogP contribution in [-0.2, 0) is 23.9 Å². The smallest absolute Gasteiger partial charge is 0.326 e. The zero-order chi connectivity index (χ0) is 21.9. The third-order valence-electron chi connectivity index (χ3n) is 3.99. The van der Waals surface area contributed by atoms with E-state index in [-0.39, 0.29) is 19.7 Å². The molecular formula is C22H24N2O6. The summed E-state index contributed by atoms with van der Waals surface area (Å²) < 4.78 is 9.86. The Morgan fingerprint density at radius 2 is 1.67 bits per heavy atom. The van der Waals surface area contributed by atoms with Gasteiger partial charge in [0, 0.05) is 11.3 Å². The standard InChI is InChI=1S/C22H24N2O6/c1-3-29-21(27)14-24(18-10-5-4-6-11-18)19(25)15-30-20(26)13-23-22(28)17-9-7-8-16(2)12-17/h4-12H,3,13-15H2,1-2H3,(H,23,28). The van der Waals surface area contributed by atoms with Crippen LogP contribution in [0.2, 0.25) is 0 Å². The van der Waals surface area contributed by atoms with Crippen LogP contribution >= 0.6 is 0 Å². The lowest BCUT2D eigenvalue weighted by atomic mass is 10.1. The van der Waals surface area contributed by atoms with Gasteiger partial charge in [0.2, 0.25) is 0 Å². The van der Waals surface area contributed by atoms with Crippen LogP contribution in [0.3, 0.4) is 0 Å². The van der Waals surface area contributed by atoms with Crippen LogP contribution in [0.15, 0.2) is 54.6 Å². The second-order valence-electron chi connectivity index (χ2n) is 6.33. The molecule has 158 valence electrons. The summed E-state index contributed by atoms with van der Waals surface area (Å²) in [6, 6.07) is 15.4. The zero-order valence-corrected chi connectivity index (χ0v) is 16.9. The van der Waals surface area contributed by atoms with Gasteiger partial charge in [-0.3, -0.25) is 24.1 Å². The number of carbonyl (C=O) groups is 4. The number of amides is 2. The van der Waals surface area contributed by atoms with Crippen LogP contribution in [0, 0.1) is 6.92 Å². The van der Waals surface area contributed by atoms with Crippen LogP contribution in [0.4, 0.5) is 5.69 Å². The molecule has 8 nitrogen and oxygen atoms in total. The molecule has 0 unspecified atom stereocenters. The Bertz CT molecular complexity index is 898. The zero-order valence-electron chi connectivity index (χ0n) is 16.9. The molecule has 0 fully saturated rings. The first-order valence-corrected chi connectivity index (χ1v) is 9.42. The molecule has 2 rings (SSSR count). The molecule has 0 aliphatic carbocycles. The Morgan fingerprint density at radius 3 is 2.33 bits per heavy atom. The van der Waals surface area contributed by atoms with E-state index in [0.29, 0.717) is 11.3 Å². The summed E-state index contributed by atoms with van der Waals surface area (Å²) in [4.78, 5) is 49.6. The summed E-state index contributed by atoms with van der Waals surface area (Å²) in [6.07, 6.45) is 0. The van der Waals surface area contributed by atoms with Crippen molar-refractivity contribution in [1.29, 1.82) is 0 Å². The van der Waals surface area contributed by atoms with Gasteiger partial charge in [0.1, 0.15) is 13.1 Å². The van der Waals surface area contributed by atoms with Gasteiger partial charge in [0.05, 0.1) is 6.61 Å². The lowest BCUT2D eigenvalue weighted by Gasteiger charge is -2.21. The van der Waals surface area contributed by atoms with E-state index in [9.17, 15) is 19.2 Å². The average molecular weight is 412 g/mol. The number of aryl methyl sites for hydroxylation is 1. The van der Waals surface area contributed by atoms with Crippen molar-refractivity contribution in [3.05, 3.63) is 65.7 Å². The van der Waals surface area contributed by atoms with Crippen molar-refractivity contribution in [1.82, 2.24) is 5.32 Å². The molecule has 30 heavy (non-hydrogen) atoms. The Balaban J connectivity index is 1.89. The average Bonchev–Trinajstić information content (AvgIpc) is 2.75. The van der Waals surface area contributed by atoms with E-state index >= 15 is 0 Å². The van der Waals surface area contributed by atoms with E-state index in [0.717, 1.165) is 5.56 Å². The number of nitrogens with zero attached hydrogens (tertiary/aromatic N) is 1. The Hall–Kier alpha value is -3.68. The molecule has 0 aliphatic rings. The number of para-hydroxylation sites is 1. The minimum Gasteiger partial charge on any atom is -0.465 e. The SMILES string of the molecule is CCOC(=O)CN(C(=O)COC(=O)CNC(=O)c1cccc(C)c1)c1ccccc1. The van der Waals surface area contributed by atoms with Crippen molar-refractivity contribution >= 4 is 29.4 Å². The number of esters is 2. The molecule has 0 saturated carbocycles. The highest BCUT2D eigenvalue weighted by molar-refractivity contribution is 5.99. The Kier molecular flexibility index (Phi) is 8.56. The maximum Gasteiger partial charge on any atom is 0.326 e. The van der Waals surface area contributed by atoms with E-state index in [1.807, 2.05) is 13.0 Å². The highest BCUT2D eigenvalue weighted by atomic mass is 16.5. The molecule has 0 heterocycles. The molecule has 0 saturated heterocycles. The molecule has 0 atom stereocenters. The summed E-state index contributed by atoms with van der Waals surface area (Å²) >= 11 is 0. The van der Waals surface area contributed by atoms with Crippen molar-refractivity contribution in [2.75, 3.05) is 31.2 Å². The normalized spacial score (nSPS) is 10.1. The molecule has 8 heteroatoms. The highest BCUT2D eigenvalue weighted by Gasteiger charge is 2.21. The van der Waals surface area contributed by atoms with Crippen LogP contribution in [0.1, 0.15) is 22.8 Å². The topological polar surface area (TPSA) is 102 Å². The Labute approximate surface area is 174 Å². The predicted molar refractivity (Wildman–Crippen MR) is 110 cm³/mol. The van der Waals surface area contributed by atoms with Crippen molar-refractivity contribution in [2.24, 2.45) is 0 Å². The number of ether oxygens (including phenoxy) is 2. The van der Waals surface area contributed by atoms with Gasteiger partial charge in [-0.2, -0.15) is 0 Å². The van der Waals surface area contributed by atoms with E-state index in [2.05, 4.69) is 5.32 Å². The first kappa shape index (κ1) is 22.6. The maximum absolute atomic E-state index is 12.5. The molecule has 0 radical (unpaired) electrons. The van der Waals surface area contributed by atoms with Gasteiger partial charge in [-0.05, 0) is 38.1 Å². The molecule has 0 aliphatic heterocycles. The fourth-order valence-electron chi connectivity index (χ4n) is 2.58. The van der Waals surface area contributed by atoms with Crippen molar-refractivity contribution in [3.63, 3.8) is 0 Å². The Morgan fingerprint density at radius 1 is 0.933 bits per heavy atom. The highest BCUT2D eigenvalue weighted by Crippen LogP contribution is 2.13. The molecule has 2 amide bonds. The van der Waals surface area contributed by atoms with Crippen LogP contribution in [0.5, 0.6) is 0 Å². The molecule has 1 N–H and O–H groups in total. The first-order valence-electron chi connectivity index (χ1n) is 9.42. The summed E-state index contributed by atoms with van der Waals surface area (Å²) in [7, 11) is 0. The third-order valence-corrected chi connectivity index (χ3v) is 3.99. The van der Waals surface area contributed by atoms with Gasteiger partial charge < -0.3 is 14.8 Å². The minimum absolute atomic E-state index is 0.186. The molecule has 0 spiro atoms. The second kappa shape index (κ2) is 11.4. The largest absolute Gasteiger partial charge is 0.465 e. The number of hydrogen-bond acceptors (Lipinski definition) is 6. The monoisotopic (exact) mass is 412 g/mol. The molecular weight excluding hydrogens is 388 g/mol. The summed E-state index contributed by atoms with van der Waals surface area (Å²) in [5, 5.41) is 2.45. The second-order valence-corrected chi connectivity index (χ2v) is 6.33. The van der Waals surface area contributed by atoms with E-state index in [1.165, 1.54) is 4.90 Å². The predicted octanol–water partition coefficient (Wildman–Crippen LogP) is 1.86. The van der Waals surface area contributed by atoms with Gasteiger partial charge in [-0.25, -0.2) is 0 Å². The minimum atomic E-state index is -0.770. The van der Waals surface area contributed by atoms with Crippen LogP contribution < -0.4 is 10.2 Å². The number of nitrogens with one attached hydrogen (secondary N) is 1. The van der Waals surface area contributed by atoms with Gasteiger partial charge in [-0.15, -0.1) is 0 Å². The number of rotatable bonds is 9. The van der Waals surface area contributed by atoms with E-state index in [4.69, 9.17) is 9.47 Å². The lowest BCUT2D eigenvalue weighted by Crippen LogP contribution is -2.40.